The van der Waals surface area contributed by atoms with Crippen molar-refractivity contribution < 1.29 is 14.3 Å². The number of nitrogens with one attached hydrogen (secondary N) is 1. The normalized spacial score (nSPS) is 12.6. The monoisotopic (exact) mass is 202 g/mol. The molecule has 0 radical (unpaired) electrons. The quantitative estimate of drug-likeness (QED) is 0.577. The van der Waals surface area contributed by atoms with Crippen molar-refractivity contribution in [3.05, 3.63) is 0 Å². The summed E-state index contributed by atoms with van der Waals surface area (Å²) in [4.78, 5) is 21.9. The summed E-state index contributed by atoms with van der Waals surface area (Å²) in [5, 5.41) is 2.75. The highest BCUT2D eigenvalue weighted by atomic mass is 16.5. The van der Waals surface area contributed by atoms with Gasteiger partial charge in [-0.3, -0.25) is 14.9 Å². The van der Waals surface area contributed by atoms with Crippen LogP contribution in [0.25, 0.3) is 0 Å². The summed E-state index contributed by atoms with van der Waals surface area (Å²) in [6.45, 7) is 5.79. The van der Waals surface area contributed by atoms with Gasteiger partial charge in [0, 0.05) is 0 Å². The van der Waals surface area contributed by atoms with Crippen LogP contribution in [0.15, 0.2) is 0 Å². The largest absolute Gasteiger partial charge is 0.465 e. The minimum Gasteiger partial charge on any atom is -0.465 e. The predicted octanol–water partition coefficient (Wildman–Crippen LogP) is -0.351. The van der Waals surface area contributed by atoms with Gasteiger partial charge in [-0.05, 0) is 12.8 Å². The zero-order valence-corrected chi connectivity index (χ0v) is 8.87. The molecule has 1 unspecified atom stereocenters. The SMILES string of the molecule is CCOC(=O)CNC(C(N)=O)C(C)C. The molecule has 1 amide bonds. The maximum atomic E-state index is 11.0. The fraction of sp³-hybridized carbons (Fsp3) is 0.778. The molecule has 0 aliphatic carbocycles. The number of nitrogens with two attached hydrogens (primary N) is 1. The third-order valence-corrected chi connectivity index (χ3v) is 1.74. The molecular formula is C9H18N2O3. The third kappa shape index (κ3) is 4.81. The number of carbonyl (C=O) groups is 2. The van der Waals surface area contributed by atoms with E-state index in [1.54, 1.807) is 6.92 Å². The van der Waals surface area contributed by atoms with Crippen LogP contribution in [-0.4, -0.2) is 31.1 Å². The Bertz CT molecular complexity index is 204. The van der Waals surface area contributed by atoms with E-state index in [0.29, 0.717) is 6.61 Å². The molecule has 14 heavy (non-hydrogen) atoms. The van der Waals surface area contributed by atoms with Gasteiger partial charge in [-0.2, -0.15) is 0 Å². The van der Waals surface area contributed by atoms with E-state index >= 15 is 0 Å². The summed E-state index contributed by atoms with van der Waals surface area (Å²) in [5.74, 6) is -0.773. The van der Waals surface area contributed by atoms with Crippen LogP contribution in [0.4, 0.5) is 0 Å². The van der Waals surface area contributed by atoms with Crippen LogP contribution in [0.2, 0.25) is 0 Å². The molecule has 0 heterocycles. The smallest absolute Gasteiger partial charge is 0.319 e. The van der Waals surface area contributed by atoms with E-state index in [-0.39, 0.29) is 18.4 Å². The molecule has 0 spiro atoms. The van der Waals surface area contributed by atoms with Crippen molar-refractivity contribution in [3.8, 4) is 0 Å². The Morgan fingerprint density at radius 1 is 1.43 bits per heavy atom. The fourth-order valence-electron chi connectivity index (χ4n) is 1.07. The zero-order chi connectivity index (χ0) is 11.1. The van der Waals surface area contributed by atoms with Crippen LogP contribution in [0, 0.1) is 5.92 Å². The molecule has 0 bridgehead atoms. The maximum Gasteiger partial charge on any atom is 0.319 e. The zero-order valence-electron chi connectivity index (χ0n) is 8.87. The maximum absolute atomic E-state index is 11.0. The summed E-state index contributed by atoms with van der Waals surface area (Å²) in [6, 6.07) is -0.487. The van der Waals surface area contributed by atoms with Crippen molar-refractivity contribution in [1.29, 1.82) is 0 Å². The average Bonchev–Trinajstić information content (AvgIpc) is 2.03. The van der Waals surface area contributed by atoms with E-state index in [9.17, 15) is 9.59 Å². The molecule has 0 fully saturated rings. The summed E-state index contributed by atoms with van der Waals surface area (Å²) < 4.78 is 4.70. The van der Waals surface area contributed by atoms with Gasteiger partial charge in [-0.1, -0.05) is 13.8 Å². The Labute approximate surface area is 84.0 Å². The van der Waals surface area contributed by atoms with E-state index < -0.39 is 11.9 Å². The van der Waals surface area contributed by atoms with Crippen molar-refractivity contribution in [3.63, 3.8) is 0 Å². The molecule has 0 aliphatic heterocycles. The van der Waals surface area contributed by atoms with E-state index in [4.69, 9.17) is 10.5 Å². The molecular weight excluding hydrogens is 184 g/mol. The molecule has 0 aromatic rings. The van der Waals surface area contributed by atoms with Gasteiger partial charge in [0.05, 0.1) is 19.2 Å². The molecule has 0 aliphatic rings. The van der Waals surface area contributed by atoms with Crippen molar-refractivity contribution in [1.82, 2.24) is 5.32 Å². The Kier molecular flexibility index (Phi) is 5.87. The Hall–Kier alpha value is -1.10. The molecule has 0 aromatic carbocycles. The summed E-state index contributed by atoms with van der Waals surface area (Å²) in [7, 11) is 0. The molecule has 0 aromatic heterocycles. The number of primary amides is 1. The second-order valence-corrected chi connectivity index (χ2v) is 3.31. The second kappa shape index (κ2) is 6.37. The molecule has 3 N–H and O–H groups in total. The first-order valence-electron chi connectivity index (χ1n) is 4.67. The number of esters is 1. The lowest BCUT2D eigenvalue weighted by molar-refractivity contribution is -0.142. The van der Waals surface area contributed by atoms with Gasteiger partial charge in [0.25, 0.3) is 0 Å². The van der Waals surface area contributed by atoms with Crippen LogP contribution >= 0.6 is 0 Å². The van der Waals surface area contributed by atoms with Gasteiger partial charge in [-0.15, -0.1) is 0 Å². The van der Waals surface area contributed by atoms with E-state index in [0.717, 1.165) is 0 Å². The molecule has 0 rings (SSSR count). The van der Waals surface area contributed by atoms with E-state index in [1.807, 2.05) is 13.8 Å². The van der Waals surface area contributed by atoms with Gasteiger partial charge in [-0.25, -0.2) is 0 Å². The Balaban J connectivity index is 3.94. The summed E-state index contributed by atoms with van der Waals surface area (Å²) in [6.07, 6.45) is 0. The van der Waals surface area contributed by atoms with Crippen LogP contribution in [0.5, 0.6) is 0 Å². The van der Waals surface area contributed by atoms with Crippen LogP contribution in [-0.2, 0) is 14.3 Å². The number of hydrogen-bond acceptors (Lipinski definition) is 4. The first-order chi connectivity index (χ1) is 6.49. The number of ether oxygens (including phenoxy) is 1. The van der Waals surface area contributed by atoms with E-state index in [2.05, 4.69) is 5.32 Å². The Morgan fingerprint density at radius 3 is 2.36 bits per heavy atom. The lowest BCUT2D eigenvalue weighted by atomic mass is 10.0. The average molecular weight is 202 g/mol. The molecule has 5 nitrogen and oxygen atoms in total. The van der Waals surface area contributed by atoms with Crippen molar-refractivity contribution >= 4 is 11.9 Å². The first-order valence-corrected chi connectivity index (χ1v) is 4.67. The molecule has 5 heteroatoms. The lowest BCUT2D eigenvalue weighted by Gasteiger charge is -2.18. The topological polar surface area (TPSA) is 81.4 Å². The van der Waals surface area contributed by atoms with E-state index in [1.165, 1.54) is 0 Å². The summed E-state index contributed by atoms with van der Waals surface area (Å²) >= 11 is 0. The lowest BCUT2D eigenvalue weighted by Crippen LogP contribution is -2.47. The second-order valence-electron chi connectivity index (χ2n) is 3.31. The number of rotatable bonds is 6. The predicted molar refractivity (Wildman–Crippen MR) is 52.5 cm³/mol. The molecule has 0 saturated heterocycles. The highest BCUT2D eigenvalue weighted by Crippen LogP contribution is 1.99. The van der Waals surface area contributed by atoms with Crippen molar-refractivity contribution in [2.75, 3.05) is 13.2 Å². The minimum atomic E-state index is -0.487. The standard InChI is InChI=1S/C9H18N2O3/c1-4-14-7(12)5-11-8(6(2)3)9(10)13/h6,8,11H,4-5H2,1-3H3,(H2,10,13). The van der Waals surface area contributed by atoms with Gasteiger partial charge in [0.2, 0.25) is 5.91 Å². The van der Waals surface area contributed by atoms with Crippen molar-refractivity contribution in [2.45, 2.75) is 26.8 Å². The third-order valence-electron chi connectivity index (χ3n) is 1.74. The van der Waals surface area contributed by atoms with Gasteiger partial charge >= 0.3 is 5.97 Å². The fourth-order valence-corrected chi connectivity index (χ4v) is 1.07. The van der Waals surface area contributed by atoms with Crippen LogP contribution in [0.3, 0.4) is 0 Å². The number of amides is 1. The first kappa shape index (κ1) is 12.9. The van der Waals surface area contributed by atoms with Gasteiger partial charge < -0.3 is 10.5 Å². The molecule has 1 atom stereocenters. The number of hydrogen-bond donors (Lipinski definition) is 2. The van der Waals surface area contributed by atoms with Crippen molar-refractivity contribution in [2.24, 2.45) is 11.7 Å². The highest BCUT2D eigenvalue weighted by molar-refractivity contribution is 5.81. The van der Waals surface area contributed by atoms with Crippen LogP contribution in [0.1, 0.15) is 20.8 Å². The highest BCUT2D eigenvalue weighted by Gasteiger charge is 2.19. The molecule has 0 saturated carbocycles. The summed E-state index contributed by atoms with van der Waals surface area (Å²) in [5.41, 5.74) is 5.14. The van der Waals surface area contributed by atoms with Gasteiger partial charge in [0.15, 0.2) is 0 Å². The Morgan fingerprint density at radius 2 is 2.00 bits per heavy atom. The minimum absolute atomic E-state index is 0.0135. The number of carbonyl (C=O) groups excluding carboxylic acids is 2. The molecule has 82 valence electrons. The van der Waals surface area contributed by atoms with Gasteiger partial charge in [0.1, 0.15) is 0 Å². The van der Waals surface area contributed by atoms with Crippen LogP contribution < -0.4 is 11.1 Å².